The van der Waals surface area contributed by atoms with E-state index in [0.29, 0.717) is 5.76 Å². The second kappa shape index (κ2) is 7.75. The Bertz CT molecular complexity index is 515. The van der Waals surface area contributed by atoms with Gasteiger partial charge in [0.15, 0.2) is 0 Å². The van der Waals surface area contributed by atoms with Crippen LogP contribution in [0.3, 0.4) is 0 Å². The third-order valence-corrected chi connectivity index (χ3v) is 4.10. The van der Waals surface area contributed by atoms with Crippen molar-refractivity contribution in [2.24, 2.45) is 0 Å². The van der Waals surface area contributed by atoms with Crippen LogP contribution in [-0.4, -0.2) is 13.2 Å². The Hall–Kier alpha value is -1.60. The number of allylic oxidation sites excluding steroid dienone is 3. The summed E-state index contributed by atoms with van der Waals surface area (Å²) in [4.78, 5) is 0. The molecular weight excluding hydrogens is 265 g/mol. The lowest BCUT2D eigenvalue weighted by Gasteiger charge is -2.15. The van der Waals surface area contributed by atoms with Gasteiger partial charge in [-0.3, -0.25) is 4.57 Å². The van der Waals surface area contributed by atoms with E-state index in [-0.39, 0.29) is 18.5 Å². The first-order chi connectivity index (χ1) is 9.16. The van der Waals surface area contributed by atoms with Crippen molar-refractivity contribution in [3.63, 3.8) is 0 Å². The van der Waals surface area contributed by atoms with Gasteiger partial charge in [-0.1, -0.05) is 6.08 Å². The van der Waals surface area contributed by atoms with Crippen molar-refractivity contribution < 1.29 is 18.0 Å². The van der Waals surface area contributed by atoms with Crippen molar-refractivity contribution in [1.82, 2.24) is 0 Å². The summed E-state index contributed by atoms with van der Waals surface area (Å²) in [5.74, 6) is 0.635. The quantitative estimate of drug-likeness (QED) is 0.429. The Morgan fingerprint density at radius 2 is 2.16 bits per heavy atom. The van der Waals surface area contributed by atoms with Crippen LogP contribution in [0.1, 0.15) is 19.6 Å². The van der Waals surface area contributed by atoms with E-state index < -0.39 is 7.60 Å². The maximum Gasteiger partial charge on any atom is 0.371 e. The van der Waals surface area contributed by atoms with E-state index in [1.807, 2.05) is 6.07 Å². The van der Waals surface area contributed by atoms with E-state index in [1.165, 1.54) is 6.08 Å². The zero-order valence-electron chi connectivity index (χ0n) is 10.9. The summed E-state index contributed by atoms with van der Waals surface area (Å²) in [5.41, 5.74) is 0. The number of nitriles is 1. The Labute approximate surface area is 112 Å². The molecule has 0 N–H and O–H groups in total. The predicted molar refractivity (Wildman–Crippen MR) is 72.3 cm³/mol. The van der Waals surface area contributed by atoms with Crippen LogP contribution in [0.2, 0.25) is 0 Å². The van der Waals surface area contributed by atoms with Gasteiger partial charge in [-0.2, -0.15) is 5.26 Å². The lowest BCUT2D eigenvalue weighted by Crippen LogP contribution is -1.97. The van der Waals surface area contributed by atoms with Crippen molar-refractivity contribution in [2.75, 3.05) is 13.2 Å². The molecule has 0 amide bonds. The zero-order valence-corrected chi connectivity index (χ0v) is 11.8. The summed E-state index contributed by atoms with van der Waals surface area (Å²) in [6.45, 7) is 3.80. The van der Waals surface area contributed by atoms with Crippen molar-refractivity contribution in [1.29, 1.82) is 5.26 Å². The minimum Gasteiger partial charge on any atom is -0.465 e. The van der Waals surface area contributed by atoms with Crippen LogP contribution in [0.25, 0.3) is 6.08 Å². The van der Waals surface area contributed by atoms with Gasteiger partial charge in [0.25, 0.3) is 0 Å². The minimum absolute atomic E-state index is 0.0287. The first kappa shape index (κ1) is 15.5. The molecule has 0 saturated heterocycles. The molecule has 19 heavy (non-hydrogen) atoms. The molecule has 0 aromatic carbocycles. The second-order valence-corrected chi connectivity index (χ2v) is 5.36. The van der Waals surface area contributed by atoms with E-state index in [0.717, 1.165) is 0 Å². The fraction of sp³-hybridized carbons (Fsp3) is 0.308. The van der Waals surface area contributed by atoms with Gasteiger partial charge in [0.05, 0.1) is 19.5 Å². The fourth-order valence-corrected chi connectivity index (χ4v) is 2.75. The average molecular weight is 281 g/mol. The van der Waals surface area contributed by atoms with E-state index in [1.54, 1.807) is 44.4 Å². The van der Waals surface area contributed by atoms with Crippen molar-refractivity contribution in [3.05, 3.63) is 41.6 Å². The summed E-state index contributed by atoms with van der Waals surface area (Å²) in [6.07, 6.45) is 6.18. The molecule has 1 heterocycles. The molecule has 6 heteroatoms. The monoisotopic (exact) mass is 281 g/mol. The van der Waals surface area contributed by atoms with Crippen LogP contribution in [0.5, 0.6) is 0 Å². The number of rotatable bonds is 7. The molecule has 1 rings (SSSR count). The molecule has 0 unspecified atom stereocenters. The lowest BCUT2D eigenvalue weighted by molar-refractivity contribution is 0.227. The first-order valence-corrected chi connectivity index (χ1v) is 7.42. The summed E-state index contributed by atoms with van der Waals surface area (Å²) in [6, 6.07) is 5.37. The molecule has 0 spiro atoms. The number of hydrogen-bond acceptors (Lipinski definition) is 5. The van der Waals surface area contributed by atoms with Gasteiger partial charge in [0.2, 0.25) is 0 Å². The Morgan fingerprint density at radius 3 is 2.63 bits per heavy atom. The van der Waals surface area contributed by atoms with Gasteiger partial charge < -0.3 is 13.5 Å². The molecule has 0 aliphatic carbocycles. The molecule has 0 fully saturated rings. The summed E-state index contributed by atoms with van der Waals surface area (Å²) < 4.78 is 27.6. The molecule has 0 saturated carbocycles. The van der Waals surface area contributed by atoms with Crippen LogP contribution < -0.4 is 0 Å². The Kier molecular flexibility index (Phi) is 6.31. The van der Waals surface area contributed by atoms with Crippen LogP contribution in [0.15, 0.2) is 40.3 Å². The fourth-order valence-electron chi connectivity index (χ4n) is 1.33. The molecule has 1 aromatic rings. The largest absolute Gasteiger partial charge is 0.465 e. The van der Waals surface area contributed by atoms with Gasteiger partial charge in [-0.25, -0.2) is 0 Å². The van der Waals surface area contributed by atoms with E-state index in [2.05, 4.69) is 0 Å². The third kappa shape index (κ3) is 4.53. The highest BCUT2D eigenvalue weighted by Gasteiger charge is 2.29. The van der Waals surface area contributed by atoms with E-state index >= 15 is 0 Å². The van der Waals surface area contributed by atoms with E-state index in [4.69, 9.17) is 18.7 Å². The third-order valence-electron chi connectivity index (χ3n) is 2.07. The molecule has 0 aliphatic heterocycles. The van der Waals surface area contributed by atoms with Gasteiger partial charge in [0, 0.05) is 0 Å². The van der Waals surface area contributed by atoms with Crippen LogP contribution in [0, 0.1) is 11.3 Å². The minimum atomic E-state index is -3.52. The van der Waals surface area contributed by atoms with Crippen LogP contribution in [-0.2, 0) is 13.6 Å². The molecule has 0 atom stereocenters. The van der Waals surface area contributed by atoms with Gasteiger partial charge in [-0.15, -0.1) is 0 Å². The summed E-state index contributed by atoms with van der Waals surface area (Å²) in [5, 5.41) is 9.04. The normalized spacial score (nSPS) is 12.8. The molecule has 0 radical (unpaired) electrons. The molecular formula is C13H16NO4P. The lowest BCUT2D eigenvalue weighted by atomic mass is 10.4. The maximum atomic E-state index is 12.3. The topological polar surface area (TPSA) is 72.5 Å². The zero-order chi connectivity index (χ0) is 14.1. The average Bonchev–Trinajstić information content (AvgIpc) is 2.88. The first-order valence-electron chi connectivity index (χ1n) is 5.88. The molecule has 0 bridgehead atoms. The highest BCUT2D eigenvalue weighted by atomic mass is 31.2. The summed E-state index contributed by atoms with van der Waals surface area (Å²) in [7, 11) is -3.52. The smallest absolute Gasteiger partial charge is 0.371 e. The highest BCUT2D eigenvalue weighted by Crippen LogP contribution is 2.55. The molecule has 5 nitrogen and oxygen atoms in total. The standard InChI is InChI=1S/C13H16NO4P/c1-3-17-19(15,18-4-2)13(11-14)9-5-7-12-8-6-10-16-12/h5-10H,3-4H2,1-2H3/b7-5-,13-9-. The predicted octanol–water partition coefficient (Wildman–Crippen LogP) is 3.97. The van der Waals surface area contributed by atoms with Crippen LogP contribution in [0.4, 0.5) is 0 Å². The second-order valence-electron chi connectivity index (χ2n) is 3.37. The van der Waals surface area contributed by atoms with Gasteiger partial charge >= 0.3 is 7.60 Å². The van der Waals surface area contributed by atoms with Gasteiger partial charge in [-0.05, 0) is 38.1 Å². The van der Waals surface area contributed by atoms with Crippen LogP contribution >= 0.6 is 7.60 Å². The summed E-state index contributed by atoms with van der Waals surface area (Å²) >= 11 is 0. The maximum absolute atomic E-state index is 12.3. The molecule has 102 valence electrons. The van der Waals surface area contributed by atoms with E-state index in [9.17, 15) is 4.57 Å². The van der Waals surface area contributed by atoms with Crippen molar-refractivity contribution in [3.8, 4) is 6.07 Å². The van der Waals surface area contributed by atoms with Crippen molar-refractivity contribution in [2.45, 2.75) is 13.8 Å². The number of furan rings is 1. The van der Waals surface area contributed by atoms with Gasteiger partial charge in [0.1, 0.15) is 17.1 Å². The Morgan fingerprint density at radius 1 is 1.47 bits per heavy atom. The van der Waals surface area contributed by atoms with Crippen molar-refractivity contribution >= 4 is 13.7 Å². The number of nitrogens with zero attached hydrogens (tertiary/aromatic N) is 1. The molecule has 1 aromatic heterocycles. The Balaban J connectivity index is 2.91. The highest BCUT2D eigenvalue weighted by molar-refractivity contribution is 7.58. The SMILES string of the molecule is CCOP(=O)(OCC)/C(C#N)=C\C=C/c1ccco1. The molecule has 0 aliphatic rings. The number of hydrogen-bond donors (Lipinski definition) is 0.